The fourth-order valence-electron chi connectivity index (χ4n) is 1.39. The molecule has 0 unspecified atom stereocenters. The second kappa shape index (κ2) is 5.32. The Kier molecular flexibility index (Phi) is 4.07. The monoisotopic (exact) mass is 227 g/mol. The van der Waals surface area contributed by atoms with E-state index in [-0.39, 0.29) is 5.70 Å². The van der Waals surface area contributed by atoms with E-state index in [0.717, 1.165) is 5.06 Å². The van der Waals surface area contributed by atoms with Crippen LogP contribution >= 0.6 is 0 Å². The molecule has 0 aromatic rings. The molecule has 0 amide bonds. The van der Waals surface area contributed by atoms with E-state index >= 15 is 0 Å². The highest BCUT2D eigenvalue weighted by molar-refractivity contribution is 5.92. The molecule has 1 aliphatic rings. The summed E-state index contributed by atoms with van der Waals surface area (Å²) in [5, 5.41) is 10.3. The van der Waals surface area contributed by atoms with Crippen molar-refractivity contribution >= 4 is 11.8 Å². The lowest BCUT2D eigenvalue weighted by Gasteiger charge is -2.08. The molecule has 0 atom stereocenters. The van der Waals surface area contributed by atoms with Crippen LogP contribution in [-0.4, -0.2) is 54.5 Å². The van der Waals surface area contributed by atoms with Gasteiger partial charge in [0.1, 0.15) is 19.9 Å². The number of hydrogen-bond acceptors (Lipinski definition) is 5. The van der Waals surface area contributed by atoms with Gasteiger partial charge in [-0.15, -0.1) is 5.06 Å². The molecule has 0 radical (unpaired) electrons. The highest BCUT2D eigenvalue weighted by Crippen LogP contribution is 2.08. The van der Waals surface area contributed by atoms with Gasteiger partial charge in [0.25, 0.3) is 0 Å². The first-order chi connectivity index (χ1) is 7.61. The van der Waals surface area contributed by atoms with Crippen molar-refractivity contribution in [1.29, 1.82) is 0 Å². The second-order valence-electron chi connectivity index (χ2n) is 3.13. The number of hydrogen-bond donors (Lipinski definition) is 1. The molecule has 1 aliphatic heterocycles. The van der Waals surface area contributed by atoms with E-state index in [0.29, 0.717) is 12.4 Å². The number of carbonyl (C=O) groups is 1. The zero-order chi connectivity index (χ0) is 12.1. The number of rotatable bonds is 3. The van der Waals surface area contributed by atoms with E-state index in [9.17, 15) is 10.0 Å². The lowest BCUT2D eigenvalue weighted by Crippen LogP contribution is -2.31. The summed E-state index contributed by atoms with van der Waals surface area (Å²) in [7, 11) is 4.20. The van der Waals surface area contributed by atoms with Crippen molar-refractivity contribution in [2.75, 3.05) is 27.8 Å². The Bertz CT molecular complexity index is 369. The average Bonchev–Trinajstić information content (AvgIpc) is 2.73. The van der Waals surface area contributed by atoms with Gasteiger partial charge in [-0.05, 0) is 6.08 Å². The van der Waals surface area contributed by atoms with Gasteiger partial charge in [-0.1, -0.05) is 0 Å². The SMILES string of the molecule is CO/C=C(/C(=O)OC)[N+]1=C(N(C)O)C=CC1. The van der Waals surface area contributed by atoms with Crippen LogP contribution in [0.15, 0.2) is 24.1 Å². The van der Waals surface area contributed by atoms with Crippen molar-refractivity contribution in [2.45, 2.75) is 0 Å². The summed E-state index contributed by atoms with van der Waals surface area (Å²) in [4.78, 5) is 11.5. The number of hydroxylamine groups is 2. The number of amidine groups is 1. The van der Waals surface area contributed by atoms with E-state index in [1.807, 2.05) is 6.08 Å². The van der Waals surface area contributed by atoms with Crippen LogP contribution < -0.4 is 0 Å². The van der Waals surface area contributed by atoms with Crippen molar-refractivity contribution < 1.29 is 24.1 Å². The summed E-state index contributed by atoms with van der Waals surface area (Å²) in [6.45, 7) is 0.477. The fraction of sp³-hybridized carbons (Fsp3) is 0.400. The quantitative estimate of drug-likeness (QED) is 0.241. The summed E-state index contributed by atoms with van der Waals surface area (Å²) in [6.07, 6.45) is 4.79. The number of likely N-dealkylation sites (N-methyl/N-ethyl adjacent to an activating group) is 1. The first-order valence-corrected chi connectivity index (χ1v) is 4.66. The van der Waals surface area contributed by atoms with Crippen molar-refractivity contribution in [3.8, 4) is 0 Å². The van der Waals surface area contributed by atoms with Gasteiger partial charge in [0.15, 0.2) is 0 Å². The molecule has 1 heterocycles. The van der Waals surface area contributed by atoms with Crippen LogP contribution in [0.1, 0.15) is 0 Å². The van der Waals surface area contributed by atoms with Gasteiger partial charge < -0.3 is 9.47 Å². The molecule has 0 aromatic heterocycles. The minimum absolute atomic E-state index is 0.228. The summed E-state index contributed by atoms with van der Waals surface area (Å²) in [5.41, 5.74) is 0.228. The molecule has 1 rings (SSSR count). The smallest absolute Gasteiger partial charge is 0.381 e. The summed E-state index contributed by atoms with van der Waals surface area (Å²) >= 11 is 0. The molecule has 0 saturated carbocycles. The minimum atomic E-state index is -0.523. The Morgan fingerprint density at radius 3 is 2.81 bits per heavy atom. The van der Waals surface area contributed by atoms with Crippen LogP contribution in [0.3, 0.4) is 0 Å². The van der Waals surface area contributed by atoms with Gasteiger partial charge in [0, 0.05) is 6.08 Å². The predicted octanol–water partition coefficient (Wildman–Crippen LogP) is -0.0510. The van der Waals surface area contributed by atoms with Crippen LogP contribution in [0.5, 0.6) is 0 Å². The van der Waals surface area contributed by atoms with E-state index in [1.165, 1.54) is 27.5 Å². The maximum atomic E-state index is 11.5. The number of ether oxygens (including phenoxy) is 2. The molecule has 6 nitrogen and oxygen atoms in total. The summed E-state index contributed by atoms with van der Waals surface area (Å²) < 4.78 is 11.0. The van der Waals surface area contributed by atoms with E-state index in [2.05, 4.69) is 4.74 Å². The van der Waals surface area contributed by atoms with E-state index < -0.39 is 5.97 Å². The highest BCUT2D eigenvalue weighted by atomic mass is 16.5. The third-order valence-electron chi connectivity index (χ3n) is 2.08. The summed E-state index contributed by atoms with van der Waals surface area (Å²) in [6, 6.07) is 0. The molecule has 0 aromatic carbocycles. The van der Waals surface area contributed by atoms with Crippen molar-refractivity contribution in [2.24, 2.45) is 0 Å². The van der Waals surface area contributed by atoms with Gasteiger partial charge in [0.2, 0.25) is 5.70 Å². The molecular weight excluding hydrogens is 212 g/mol. The number of carbonyl (C=O) groups excluding carboxylic acids is 1. The molecule has 0 fully saturated rings. The second-order valence-corrected chi connectivity index (χ2v) is 3.13. The third-order valence-corrected chi connectivity index (χ3v) is 2.08. The molecule has 0 aliphatic carbocycles. The maximum Gasteiger partial charge on any atom is 0.381 e. The first kappa shape index (κ1) is 12.3. The molecule has 6 heteroatoms. The maximum absolute atomic E-state index is 11.5. The molecule has 88 valence electrons. The third kappa shape index (κ3) is 2.40. The van der Waals surface area contributed by atoms with Crippen LogP contribution in [0, 0.1) is 0 Å². The van der Waals surface area contributed by atoms with Gasteiger partial charge in [0.05, 0.1) is 14.2 Å². The molecule has 1 N–H and O–H groups in total. The highest BCUT2D eigenvalue weighted by Gasteiger charge is 2.28. The zero-order valence-corrected chi connectivity index (χ0v) is 9.51. The topological polar surface area (TPSA) is 62.0 Å². The van der Waals surface area contributed by atoms with E-state index in [4.69, 9.17) is 4.74 Å². The number of nitrogens with zero attached hydrogens (tertiary/aromatic N) is 2. The van der Waals surface area contributed by atoms with Crippen LogP contribution in [0.2, 0.25) is 0 Å². The number of methoxy groups -OCH3 is 2. The molecule has 0 bridgehead atoms. The first-order valence-electron chi connectivity index (χ1n) is 4.66. The lowest BCUT2D eigenvalue weighted by atomic mass is 10.4. The number of esters is 1. The van der Waals surface area contributed by atoms with Crippen LogP contribution in [0.4, 0.5) is 0 Å². The predicted molar refractivity (Wildman–Crippen MR) is 55.9 cm³/mol. The summed E-state index contributed by atoms with van der Waals surface area (Å²) in [5.74, 6) is -0.0430. The average molecular weight is 227 g/mol. The molecular formula is C10H15N2O4+. The Hall–Kier alpha value is -1.82. The zero-order valence-electron chi connectivity index (χ0n) is 9.51. The molecule has 0 saturated heterocycles. The van der Waals surface area contributed by atoms with Gasteiger partial charge in [-0.25, -0.2) is 14.6 Å². The van der Waals surface area contributed by atoms with Crippen LogP contribution in [-0.2, 0) is 14.3 Å². The van der Waals surface area contributed by atoms with Crippen molar-refractivity contribution in [3.63, 3.8) is 0 Å². The Morgan fingerprint density at radius 2 is 2.31 bits per heavy atom. The molecule has 16 heavy (non-hydrogen) atoms. The van der Waals surface area contributed by atoms with Crippen molar-refractivity contribution in [3.05, 3.63) is 24.1 Å². The van der Waals surface area contributed by atoms with Gasteiger partial charge in [-0.3, -0.25) is 0 Å². The van der Waals surface area contributed by atoms with Gasteiger partial charge in [-0.2, -0.15) is 0 Å². The van der Waals surface area contributed by atoms with Crippen LogP contribution in [0.25, 0.3) is 0 Å². The van der Waals surface area contributed by atoms with Gasteiger partial charge >= 0.3 is 11.8 Å². The van der Waals surface area contributed by atoms with Crippen molar-refractivity contribution in [1.82, 2.24) is 5.06 Å². The largest absolute Gasteiger partial charge is 0.500 e. The normalized spacial score (nSPS) is 15.4. The lowest BCUT2D eigenvalue weighted by molar-refractivity contribution is -0.468. The molecule has 0 spiro atoms. The minimum Gasteiger partial charge on any atom is -0.500 e. The Labute approximate surface area is 93.6 Å². The standard InChI is InChI=1S/C10H15N2O4/c1-11(14)9-5-4-6-12(9)8(7-15-2)10(13)16-3/h4-5,7,14H,6H2,1-3H3/q+1/b8-7-. The Morgan fingerprint density at radius 1 is 1.62 bits per heavy atom. The fourth-order valence-corrected chi connectivity index (χ4v) is 1.39. The van der Waals surface area contributed by atoms with E-state index in [1.54, 1.807) is 10.7 Å². The Balaban J connectivity index is 3.10.